The molecule has 1 aromatic rings. The van der Waals surface area contributed by atoms with Crippen LogP contribution in [-0.4, -0.2) is 25.0 Å². The molecule has 1 rings (SSSR count). The van der Waals surface area contributed by atoms with E-state index in [1.807, 2.05) is 19.9 Å². The highest BCUT2D eigenvalue weighted by molar-refractivity contribution is 7.86. The standard InChI is InChI=1S/C9H14N.C7H16O4S/c1-2-3-7-10-8-5-4-6-9-10;1-3-5-7(11-6-4-2)12(8,9)10/h4-6,8-9H,2-3,7H2,1H3;7H,3-6H2,1-2H3,(H,8,9,10)/q+1;/p-1. The maximum absolute atomic E-state index is 10.5. The third-order valence-corrected chi connectivity index (χ3v) is 3.92. The zero-order valence-electron chi connectivity index (χ0n) is 13.9. The molecule has 128 valence electrons. The second-order valence-corrected chi connectivity index (χ2v) is 6.56. The lowest BCUT2D eigenvalue weighted by atomic mass is 10.3. The minimum Gasteiger partial charge on any atom is -0.746 e. The van der Waals surface area contributed by atoms with E-state index in [4.69, 9.17) is 4.74 Å². The van der Waals surface area contributed by atoms with Gasteiger partial charge in [0, 0.05) is 25.2 Å². The molecule has 1 heterocycles. The SMILES string of the molecule is CCCC[n+]1ccccc1.CCCOC(CCC)S(=O)(=O)[O-]. The van der Waals surface area contributed by atoms with Gasteiger partial charge in [0.05, 0.1) is 0 Å². The highest BCUT2D eigenvalue weighted by Crippen LogP contribution is 2.08. The van der Waals surface area contributed by atoms with Gasteiger partial charge in [-0.1, -0.05) is 39.7 Å². The van der Waals surface area contributed by atoms with Crippen molar-refractivity contribution in [2.75, 3.05) is 6.61 Å². The molecule has 0 saturated carbocycles. The van der Waals surface area contributed by atoms with E-state index in [-0.39, 0.29) is 6.42 Å². The predicted molar refractivity (Wildman–Crippen MR) is 86.2 cm³/mol. The summed E-state index contributed by atoms with van der Waals surface area (Å²) in [5, 5.41) is 0. The van der Waals surface area contributed by atoms with Gasteiger partial charge in [-0.05, 0) is 12.8 Å². The summed E-state index contributed by atoms with van der Waals surface area (Å²) in [5.74, 6) is 0. The number of nitrogens with zero attached hydrogens (tertiary/aromatic N) is 1. The number of unbranched alkanes of at least 4 members (excludes halogenated alkanes) is 1. The van der Waals surface area contributed by atoms with Crippen molar-refractivity contribution < 1.29 is 22.3 Å². The van der Waals surface area contributed by atoms with Crippen molar-refractivity contribution in [3.63, 3.8) is 0 Å². The van der Waals surface area contributed by atoms with Crippen LogP contribution in [0.25, 0.3) is 0 Å². The van der Waals surface area contributed by atoms with Crippen molar-refractivity contribution in [1.82, 2.24) is 0 Å². The lowest BCUT2D eigenvalue weighted by Crippen LogP contribution is -2.31. The van der Waals surface area contributed by atoms with Gasteiger partial charge in [0.1, 0.15) is 22.1 Å². The molecule has 1 unspecified atom stereocenters. The fourth-order valence-corrected chi connectivity index (χ4v) is 2.51. The van der Waals surface area contributed by atoms with E-state index < -0.39 is 15.6 Å². The van der Waals surface area contributed by atoms with E-state index in [0.717, 1.165) is 13.0 Å². The van der Waals surface area contributed by atoms with Gasteiger partial charge in [-0.15, -0.1) is 0 Å². The van der Waals surface area contributed by atoms with E-state index in [9.17, 15) is 13.0 Å². The highest BCUT2D eigenvalue weighted by Gasteiger charge is 2.14. The van der Waals surface area contributed by atoms with Crippen LogP contribution in [0, 0.1) is 0 Å². The summed E-state index contributed by atoms with van der Waals surface area (Å²) in [7, 11) is -4.27. The van der Waals surface area contributed by atoms with Crippen LogP contribution in [0.5, 0.6) is 0 Å². The third kappa shape index (κ3) is 10.7. The Hall–Kier alpha value is -0.980. The Balaban J connectivity index is 0.000000406. The van der Waals surface area contributed by atoms with Crippen molar-refractivity contribution >= 4 is 10.1 Å². The fourth-order valence-electron chi connectivity index (χ4n) is 1.72. The normalized spacial score (nSPS) is 12.4. The molecule has 0 aliphatic rings. The molecule has 1 aromatic heterocycles. The Labute approximate surface area is 135 Å². The van der Waals surface area contributed by atoms with Gasteiger partial charge in [-0.25, -0.2) is 13.0 Å². The summed E-state index contributed by atoms with van der Waals surface area (Å²) in [4.78, 5) is 0. The van der Waals surface area contributed by atoms with E-state index in [1.54, 1.807) is 0 Å². The molecule has 1 atom stereocenters. The Bertz CT molecular complexity index is 462. The van der Waals surface area contributed by atoms with Crippen molar-refractivity contribution in [3.05, 3.63) is 30.6 Å². The molecule has 6 heteroatoms. The number of hydrogen-bond donors (Lipinski definition) is 0. The predicted octanol–water partition coefficient (Wildman–Crippen LogP) is 2.86. The topological polar surface area (TPSA) is 70.3 Å². The number of pyridine rings is 1. The summed E-state index contributed by atoms with van der Waals surface area (Å²) in [6.45, 7) is 7.36. The first-order chi connectivity index (χ1) is 10.5. The minimum absolute atomic E-state index is 0.284. The van der Waals surface area contributed by atoms with Crippen LogP contribution in [0.15, 0.2) is 30.6 Å². The van der Waals surface area contributed by atoms with E-state index in [2.05, 4.69) is 36.0 Å². The average molecular weight is 331 g/mol. The third-order valence-electron chi connectivity index (χ3n) is 2.90. The summed E-state index contributed by atoms with van der Waals surface area (Å²) < 4.78 is 38.7. The monoisotopic (exact) mass is 331 g/mol. The largest absolute Gasteiger partial charge is 0.746 e. The number of hydrogen-bond acceptors (Lipinski definition) is 4. The van der Waals surface area contributed by atoms with Gasteiger partial charge in [0.2, 0.25) is 0 Å². The van der Waals surface area contributed by atoms with Crippen molar-refractivity contribution in [2.24, 2.45) is 0 Å². The molecule has 0 aliphatic carbocycles. The Morgan fingerprint density at radius 2 is 1.68 bits per heavy atom. The molecule has 0 spiro atoms. The fraction of sp³-hybridized carbons (Fsp3) is 0.688. The van der Waals surface area contributed by atoms with Gasteiger partial charge in [0.15, 0.2) is 12.4 Å². The molecule has 0 amide bonds. The molecular formula is C16H29NO4S. The molecule has 22 heavy (non-hydrogen) atoms. The van der Waals surface area contributed by atoms with Crippen LogP contribution in [0.3, 0.4) is 0 Å². The van der Waals surface area contributed by atoms with Gasteiger partial charge >= 0.3 is 0 Å². The Kier molecular flexibility index (Phi) is 12.0. The number of aromatic nitrogens is 1. The van der Waals surface area contributed by atoms with Crippen molar-refractivity contribution in [3.8, 4) is 0 Å². The van der Waals surface area contributed by atoms with Crippen LogP contribution in [0.1, 0.15) is 52.9 Å². The summed E-state index contributed by atoms with van der Waals surface area (Å²) in [6, 6.07) is 6.17. The van der Waals surface area contributed by atoms with Crippen LogP contribution >= 0.6 is 0 Å². The first kappa shape index (κ1) is 21.0. The second kappa shape index (κ2) is 12.6. The van der Waals surface area contributed by atoms with E-state index in [1.165, 1.54) is 12.8 Å². The van der Waals surface area contributed by atoms with Gasteiger partial charge in [-0.3, -0.25) is 0 Å². The molecule has 0 saturated heterocycles. The lowest BCUT2D eigenvalue weighted by Gasteiger charge is -2.19. The molecule has 0 aromatic carbocycles. The molecular weight excluding hydrogens is 302 g/mol. The zero-order valence-corrected chi connectivity index (χ0v) is 14.7. The first-order valence-corrected chi connectivity index (χ1v) is 9.43. The first-order valence-electron chi connectivity index (χ1n) is 7.96. The van der Waals surface area contributed by atoms with Gasteiger partial charge in [0.25, 0.3) is 0 Å². The molecule has 0 N–H and O–H groups in total. The van der Waals surface area contributed by atoms with Crippen LogP contribution in [-0.2, 0) is 21.4 Å². The van der Waals surface area contributed by atoms with Gasteiger partial charge in [-0.2, -0.15) is 0 Å². The maximum Gasteiger partial charge on any atom is 0.168 e. The van der Waals surface area contributed by atoms with Crippen LogP contribution < -0.4 is 4.57 Å². The van der Waals surface area contributed by atoms with Crippen LogP contribution in [0.4, 0.5) is 0 Å². The smallest absolute Gasteiger partial charge is 0.168 e. The summed E-state index contributed by atoms with van der Waals surface area (Å²) in [6.07, 6.45) is 8.39. The second-order valence-electron chi connectivity index (χ2n) is 5.05. The maximum atomic E-state index is 10.5. The van der Waals surface area contributed by atoms with E-state index in [0.29, 0.717) is 13.0 Å². The number of ether oxygens (including phenoxy) is 1. The number of aryl methyl sites for hydroxylation is 1. The summed E-state index contributed by atoms with van der Waals surface area (Å²) in [5.41, 5.74) is -1.15. The molecule has 0 fully saturated rings. The minimum atomic E-state index is -4.27. The average Bonchev–Trinajstić information content (AvgIpc) is 2.50. The molecule has 0 bridgehead atoms. The van der Waals surface area contributed by atoms with Crippen LogP contribution in [0.2, 0.25) is 0 Å². The lowest BCUT2D eigenvalue weighted by molar-refractivity contribution is -0.697. The van der Waals surface area contributed by atoms with Crippen molar-refractivity contribution in [1.29, 1.82) is 0 Å². The summed E-state index contributed by atoms with van der Waals surface area (Å²) >= 11 is 0. The van der Waals surface area contributed by atoms with Crippen molar-refractivity contribution in [2.45, 2.75) is 64.9 Å². The molecule has 0 radical (unpaired) electrons. The quantitative estimate of drug-likeness (QED) is 0.515. The zero-order chi connectivity index (χ0) is 16.8. The Morgan fingerprint density at radius 1 is 1.05 bits per heavy atom. The van der Waals surface area contributed by atoms with E-state index >= 15 is 0 Å². The molecule has 0 aliphatic heterocycles. The van der Waals surface area contributed by atoms with Gasteiger partial charge < -0.3 is 9.29 Å². The Morgan fingerprint density at radius 3 is 2.14 bits per heavy atom. The highest BCUT2D eigenvalue weighted by atomic mass is 32.2. The number of rotatable bonds is 9. The molecule has 5 nitrogen and oxygen atoms in total.